The molecule has 2 N–H and O–H groups in total. The molecule has 1 rings (SSSR count). The first kappa shape index (κ1) is 24.7. The summed E-state index contributed by atoms with van der Waals surface area (Å²) in [5.74, 6) is -0.365. The van der Waals surface area contributed by atoms with Crippen LogP contribution in [0.2, 0.25) is 0 Å². The molecule has 0 saturated carbocycles. The predicted molar refractivity (Wildman–Crippen MR) is 116 cm³/mol. The summed E-state index contributed by atoms with van der Waals surface area (Å²) in [5, 5.41) is 6.20. The zero-order chi connectivity index (χ0) is 21.9. The van der Waals surface area contributed by atoms with E-state index in [1.54, 1.807) is 0 Å². The number of rotatable bonds is 9. The first-order valence-corrected chi connectivity index (χ1v) is 10.1. The quantitative estimate of drug-likeness (QED) is 0.364. The van der Waals surface area contributed by atoms with Gasteiger partial charge in [-0.2, -0.15) is 0 Å². The van der Waals surface area contributed by atoms with Gasteiger partial charge >= 0.3 is 12.1 Å². The third-order valence-corrected chi connectivity index (χ3v) is 3.64. The topological polar surface area (TPSA) is 76.7 Å². The SMILES string of the molecule is CC(C)(C)OC(=O)/C=C/[C@H](CCCNC(=O)OC(C)(C)C)NCc1ccccc1. The largest absolute Gasteiger partial charge is 0.457 e. The molecule has 6 nitrogen and oxygen atoms in total. The molecule has 0 aliphatic rings. The van der Waals surface area contributed by atoms with E-state index >= 15 is 0 Å². The number of hydrogen-bond donors (Lipinski definition) is 2. The summed E-state index contributed by atoms with van der Waals surface area (Å²) in [7, 11) is 0. The van der Waals surface area contributed by atoms with Crippen LogP contribution in [0.4, 0.5) is 4.79 Å². The number of alkyl carbamates (subject to hydrolysis) is 1. The molecule has 162 valence electrons. The third kappa shape index (κ3) is 13.5. The Labute approximate surface area is 175 Å². The fourth-order valence-electron chi connectivity index (χ4n) is 2.47. The van der Waals surface area contributed by atoms with E-state index in [0.29, 0.717) is 13.1 Å². The summed E-state index contributed by atoms with van der Waals surface area (Å²) in [5.41, 5.74) is 0.126. The normalized spacial score (nSPS) is 13.2. The molecule has 0 bridgehead atoms. The highest BCUT2D eigenvalue weighted by Crippen LogP contribution is 2.09. The number of nitrogens with one attached hydrogen (secondary N) is 2. The lowest BCUT2D eigenvalue weighted by Gasteiger charge is -2.20. The number of carbonyl (C=O) groups excluding carboxylic acids is 2. The van der Waals surface area contributed by atoms with Gasteiger partial charge in [-0.25, -0.2) is 9.59 Å². The van der Waals surface area contributed by atoms with Gasteiger partial charge in [-0.15, -0.1) is 0 Å². The first-order valence-electron chi connectivity index (χ1n) is 10.1. The number of hydrogen-bond acceptors (Lipinski definition) is 5. The predicted octanol–water partition coefficient (Wildman–Crippen LogP) is 4.35. The Morgan fingerprint density at radius 1 is 1.00 bits per heavy atom. The van der Waals surface area contributed by atoms with Crippen LogP contribution in [0.25, 0.3) is 0 Å². The van der Waals surface area contributed by atoms with Gasteiger partial charge < -0.3 is 20.1 Å². The number of esters is 1. The average molecular weight is 405 g/mol. The van der Waals surface area contributed by atoms with Crippen LogP contribution >= 0.6 is 0 Å². The molecule has 0 unspecified atom stereocenters. The zero-order valence-corrected chi connectivity index (χ0v) is 18.6. The van der Waals surface area contributed by atoms with E-state index in [-0.39, 0.29) is 12.0 Å². The summed E-state index contributed by atoms with van der Waals surface area (Å²) >= 11 is 0. The minimum Gasteiger partial charge on any atom is -0.457 e. The molecule has 1 aromatic carbocycles. The molecule has 1 atom stereocenters. The Morgan fingerprint density at radius 2 is 1.62 bits per heavy atom. The summed E-state index contributed by atoms with van der Waals surface area (Å²) < 4.78 is 10.6. The molecule has 1 aromatic rings. The summed E-state index contributed by atoms with van der Waals surface area (Å²) in [6.07, 6.45) is 4.36. The maximum absolute atomic E-state index is 12.0. The fourth-order valence-corrected chi connectivity index (χ4v) is 2.47. The first-order chi connectivity index (χ1) is 13.4. The van der Waals surface area contributed by atoms with Gasteiger partial charge in [0, 0.05) is 25.2 Å². The molecule has 0 aliphatic carbocycles. The van der Waals surface area contributed by atoms with Crippen molar-refractivity contribution in [1.82, 2.24) is 10.6 Å². The summed E-state index contributed by atoms with van der Waals surface area (Å²) in [6.45, 7) is 12.2. The fraction of sp³-hybridized carbons (Fsp3) is 0.565. The van der Waals surface area contributed by atoms with E-state index in [2.05, 4.69) is 10.6 Å². The van der Waals surface area contributed by atoms with Crippen LogP contribution in [-0.4, -0.2) is 35.9 Å². The highest BCUT2D eigenvalue weighted by atomic mass is 16.6. The molecule has 0 fully saturated rings. The molecule has 0 saturated heterocycles. The van der Waals surface area contributed by atoms with E-state index in [1.807, 2.05) is 78.0 Å². The van der Waals surface area contributed by atoms with Gasteiger partial charge in [0.05, 0.1) is 0 Å². The van der Waals surface area contributed by atoms with Gasteiger partial charge in [0.2, 0.25) is 0 Å². The summed E-state index contributed by atoms with van der Waals surface area (Å²) in [6, 6.07) is 10.0. The van der Waals surface area contributed by atoms with Crippen molar-refractivity contribution in [1.29, 1.82) is 0 Å². The molecule has 0 heterocycles. The number of amides is 1. The zero-order valence-electron chi connectivity index (χ0n) is 18.6. The lowest BCUT2D eigenvalue weighted by molar-refractivity contribution is -0.148. The number of carbonyl (C=O) groups is 2. The third-order valence-electron chi connectivity index (χ3n) is 3.64. The number of benzene rings is 1. The van der Waals surface area contributed by atoms with Gasteiger partial charge in [0.1, 0.15) is 11.2 Å². The second-order valence-corrected chi connectivity index (χ2v) is 8.94. The van der Waals surface area contributed by atoms with Crippen molar-refractivity contribution in [3.8, 4) is 0 Å². The van der Waals surface area contributed by atoms with Crippen LogP contribution in [0.15, 0.2) is 42.5 Å². The van der Waals surface area contributed by atoms with Crippen LogP contribution in [-0.2, 0) is 20.8 Å². The van der Waals surface area contributed by atoms with Crippen LogP contribution in [0.1, 0.15) is 59.9 Å². The van der Waals surface area contributed by atoms with Crippen LogP contribution in [0.5, 0.6) is 0 Å². The second kappa shape index (κ2) is 11.6. The molecule has 29 heavy (non-hydrogen) atoms. The average Bonchev–Trinajstić information content (AvgIpc) is 2.58. The molecule has 0 aliphatic heterocycles. The molecule has 0 aromatic heterocycles. The van der Waals surface area contributed by atoms with Crippen molar-refractivity contribution in [3.05, 3.63) is 48.0 Å². The van der Waals surface area contributed by atoms with Gasteiger partial charge in [-0.1, -0.05) is 36.4 Å². The van der Waals surface area contributed by atoms with E-state index in [9.17, 15) is 9.59 Å². The maximum Gasteiger partial charge on any atom is 0.407 e. The van der Waals surface area contributed by atoms with E-state index in [4.69, 9.17) is 9.47 Å². The van der Waals surface area contributed by atoms with E-state index in [1.165, 1.54) is 6.08 Å². The van der Waals surface area contributed by atoms with Crippen molar-refractivity contribution < 1.29 is 19.1 Å². The Morgan fingerprint density at radius 3 is 2.21 bits per heavy atom. The Balaban J connectivity index is 2.55. The maximum atomic E-state index is 12.0. The van der Waals surface area contributed by atoms with E-state index < -0.39 is 17.3 Å². The lowest BCUT2D eigenvalue weighted by Crippen LogP contribution is -2.34. The molecule has 1 amide bonds. The van der Waals surface area contributed by atoms with E-state index in [0.717, 1.165) is 18.4 Å². The molecule has 6 heteroatoms. The minimum absolute atomic E-state index is 0.0249. The molecular formula is C23H36N2O4. The van der Waals surface area contributed by atoms with Gasteiger partial charge in [0.25, 0.3) is 0 Å². The van der Waals surface area contributed by atoms with Crippen molar-refractivity contribution in [2.24, 2.45) is 0 Å². The molecule has 0 spiro atoms. The monoisotopic (exact) mass is 404 g/mol. The van der Waals surface area contributed by atoms with Crippen LogP contribution in [0, 0.1) is 0 Å². The van der Waals surface area contributed by atoms with Gasteiger partial charge in [0.15, 0.2) is 0 Å². The Bertz CT molecular complexity index is 658. The molecular weight excluding hydrogens is 368 g/mol. The summed E-state index contributed by atoms with van der Waals surface area (Å²) in [4.78, 5) is 23.7. The standard InChI is InChI=1S/C23H36N2O4/c1-22(2,3)28-20(26)15-14-19(25-17-18-11-8-7-9-12-18)13-10-16-24-21(27)29-23(4,5)6/h7-9,11-12,14-15,19,25H,10,13,16-17H2,1-6H3,(H,24,27)/b15-14+/t19-/m0/s1. The van der Waals surface area contributed by atoms with Gasteiger partial charge in [-0.3, -0.25) is 0 Å². The van der Waals surface area contributed by atoms with Crippen molar-refractivity contribution in [3.63, 3.8) is 0 Å². The Kier molecular flexibility index (Phi) is 9.89. The van der Waals surface area contributed by atoms with Crippen molar-refractivity contribution in [2.45, 2.75) is 78.2 Å². The Hall–Kier alpha value is -2.34. The highest BCUT2D eigenvalue weighted by Gasteiger charge is 2.16. The molecule has 0 radical (unpaired) electrons. The van der Waals surface area contributed by atoms with Crippen molar-refractivity contribution in [2.75, 3.05) is 6.54 Å². The van der Waals surface area contributed by atoms with Crippen LogP contribution in [0.3, 0.4) is 0 Å². The smallest absolute Gasteiger partial charge is 0.407 e. The minimum atomic E-state index is -0.522. The lowest BCUT2D eigenvalue weighted by atomic mass is 10.1. The highest BCUT2D eigenvalue weighted by molar-refractivity contribution is 5.82. The van der Waals surface area contributed by atoms with Gasteiger partial charge in [-0.05, 0) is 59.9 Å². The second-order valence-electron chi connectivity index (χ2n) is 8.94. The van der Waals surface area contributed by atoms with Crippen LogP contribution < -0.4 is 10.6 Å². The number of ether oxygens (including phenoxy) is 2. The van der Waals surface area contributed by atoms with Crippen molar-refractivity contribution >= 4 is 12.1 Å².